The Morgan fingerprint density at radius 3 is 1.26 bits per heavy atom. The second-order valence-corrected chi connectivity index (χ2v) is 7.33. The van der Waals surface area contributed by atoms with Gasteiger partial charge in [0.2, 0.25) is 0 Å². The summed E-state index contributed by atoms with van der Waals surface area (Å²) >= 11 is 0. The molecule has 0 radical (unpaired) electrons. The van der Waals surface area contributed by atoms with Crippen molar-refractivity contribution in [3.05, 3.63) is 133 Å². The Labute approximate surface area is 255 Å². The fourth-order valence-corrected chi connectivity index (χ4v) is 3.29. The molecule has 0 N–H and O–H groups in total. The summed E-state index contributed by atoms with van der Waals surface area (Å²) in [4.78, 5) is 0. The van der Waals surface area contributed by atoms with Crippen LogP contribution < -0.4 is 24.8 Å². The van der Waals surface area contributed by atoms with E-state index in [2.05, 4.69) is 111 Å². The molecule has 0 amide bonds. The molecule has 0 aliphatic heterocycles. The van der Waals surface area contributed by atoms with Gasteiger partial charge >= 0.3 is 52.4 Å². The number of aryl methyl sites for hydroxylation is 2. The first-order chi connectivity index (χ1) is 14.7. The maximum Gasteiger partial charge on any atom is 2.00 e. The number of allylic oxidation sites excluding steroid dienone is 8. The van der Waals surface area contributed by atoms with E-state index in [1.807, 2.05) is 24.3 Å². The Morgan fingerprint density at radius 2 is 1.00 bits per heavy atom. The van der Waals surface area contributed by atoms with Crippen LogP contribution >= 0.6 is 0 Å². The molecule has 0 unspecified atom stereocenters. The van der Waals surface area contributed by atoms with Crippen molar-refractivity contribution in [2.75, 3.05) is 0 Å². The molecule has 4 aromatic carbocycles. The standard InChI is InChI=1S/2C10H9.2C5H5.2ClH.2Zr/c2*1-8-6-9-4-2-3-5-10(9)7-8;2*1-2-4-5-3-1;;;;/h2*2-7H,1H3;2*1-3H,4H2;2*1H;;/q4*-1;;;2*+2/p-2. The molecule has 0 bridgehead atoms. The number of hydrogen-bond donors (Lipinski definition) is 0. The first-order valence-electron chi connectivity index (χ1n) is 10.4. The largest absolute Gasteiger partial charge is 2.00 e. The zero-order valence-corrected chi connectivity index (χ0v) is 26.0. The van der Waals surface area contributed by atoms with Gasteiger partial charge in [-0.25, -0.2) is 24.3 Å². The molecule has 0 aromatic heterocycles. The van der Waals surface area contributed by atoms with Gasteiger partial charge < -0.3 is 24.8 Å². The molecule has 4 aromatic rings. The van der Waals surface area contributed by atoms with Crippen LogP contribution in [-0.4, -0.2) is 0 Å². The maximum absolute atomic E-state index is 2.99. The number of hydrogen-bond acceptors (Lipinski definition) is 0. The number of rotatable bonds is 0. The summed E-state index contributed by atoms with van der Waals surface area (Å²) in [7, 11) is 0. The van der Waals surface area contributed by atoms with E-state index < -0.39 is 0 Å². The molecule has 2 aliphatic carbocycles. The quantitative estimate of drug-likeness (QED) is 0.259. The molecule has 6 rings (SSSR count). The summed E-state index contributed by atoms with van der Waals surface area (Å²) in [6.07, 6.45) is 20.0. The average molecular weight is 642 g/mol. The van der Waals surface area contributed by atoms with E-state index >= 15 is 0 Å². The molecule has 4 heteroatoms. The van der Waals surface area contributed by atoms with Crippen LogP contribution in [0.25, 0.3) is 21.5 Å². The van der Waals surface area contributed by atoms with Crippen molar-refractivity contribution >= 4 is 21.5 Å². The van der Waals surface area contributed by atoms with Crippen molar-refractivity contribution in [3.8, 4) is 0 Å². The van der Waals surface area contributed by atoms with Gasteiger partial charge in [-0.3, -0.25) is 12.2 Å². The molecule has 0 saturated carbocycles. The second kappa shape index (κ2) is 20.2. The molecule has 0 heterocycles. The van der Waals surface area contributed by atoms with Crippen LogP contribution in [0.1, 0.15) is 24.0 Å². The average Bonchev–Trinajstić information content (AvgIpc) is 3.57. The van der Waals surface area contributed by atoms with E-state index in [0.717, 1.165) is 12.8 Å². The zero-order valence-electron chi connectivity index (χ0n) is 19.6. The molecule has 0 fully saturated rings. The monoisotopic (exact) mass is 638 g/mol. The van der Waals surface area contributed by atoms with Crippen molar-refractivity contribution in [3.63, 3.8) is 0 Å². The molecular formula is C30H28Cl2Zr2-2. The third kappa shape index (κ3) is 12.6. The summed E-state index contributed by atoms with van der Waals surface area (Å²) in [5.74, 6) is 0. The van der Waals surface area contributed by atoms with Crippen LogP contribution in [0.3, 0.4) is 0 Å². The van der Waals surface area contributed by atoms with Gasteiger partial charge in [-0.2, -0.15) is 24.3 Å². The zero-order chi connectivity index (χ0) is 21.0. The van der Waals surface area contributed by atoms with Crippen LogP contribution in [0.2, 0.25) is 0 Å². The fraction of sp³-hybridized carbons (Fsp3) is 0.133. The van der Waals surface area contributed by atoms with E-state index in [1.54, 1.807) is 0 Å². The summed E-state index contributed by atoms with van der Waals surface area (Å²) in [6, 6.07) is 25.7. The Balaban J connectivity index is 0. The Morgan fingerprint density at radius 1 is 0.618 bits per heavy atom. The minimum Gasteiger partial charge on any atom is -1.00 e. The Kier molecular flexibility index (Phi) is 20.9. The van der Waals surface area contributed by atoms with Gasteiger partial charge in [0.25, 0.3) is 0 Å². The van der Waals surface area contributed by atoms with E-state index in [4.69, 9.17) is 0 Å². The van der Waals surface area contributed by atoms with Crippen molar-refractivity contribution in [2.24, 2.45) is 0 Å². The number of benzene rings is 2. The van der Waals surface area contributed by atoms with Crippen LogP contribution in [-0.2, 0) is 52.4 Å². The predicted molar refractivity (Wildman–Crippen MR) is 132 cm³/mol. The van der Waals surface area contributed by atoms with E-state index in [1.165, 1.54) is 32.7 Å². The molecule has 0 nitrogen and oxygen atoms in total. The van der Waals surface area contributed by atoms with Crippen molar-refractivity contribution in [1.82, 2.24) is 0 Å². The van der Waals surface area contributed by atoms with E-state index in [9.17, 15) is 0 Å². The molecule has 34 heavy (non-hydrogen) atoms. The molecule has 0 spiro atoms. The molecular weight excluding hydrogens is 614 g/mol. The minimum atomic E-state index is 0. The topological polar surface area (TPSA) is 0 Å². The first-order valence-corrected chi connectivity index (χ1v) is 10.4. The van der Waals surface area contributed by atoms with Crippen LogP contribution in [0, 0.1) is 26.0 Å². The van der Waals surface area contributed by atoms with Gasteiger partial charge in [0, 0.05) is 0 Å². The number of fused-ring (bicyclic) bond motifs is 2. The Hall–Kier alpha value is -1.03. The van der Waals surface area contributed by atoms with Crippen LogP contribution in [0.4, 0.5) is 0 Å². The fourth-order valence-electron chi connectivity index (χ4n) is 3.29. The second-order valence-electron chi connectivity index (χ2n) is 7.33. The summed E-state index contributed by atoms with van der Waals surface area (Å²) in [5.41, 5.74) is 2.70. The van der Waals surface area contributed by atoms with E-state index in [0.29, 0.717) is 0 Å². The van der Waals surface area contributed by atoms with Gasteiger partial charge in [-0.1, -0.05) is 26.0 Å². The van der Waals surface area contributed by atoms with Gasteiger partial charge in [0.15, 0.2) is 0 Å². The molecule has 0 saturated heterocycles. The van der Waals surface area contributed by atoms with Gasteiger partial charge in [0.1, 0.15) is 0 Å². The summed E-state index contributed by atoms with van der Waals surface area (Å²) in [6.45, 7) is 4.25. The molecule has 0 atom stereocenters. The Bertz CT molecular complexity index is 997. The predicted octanol–water partition coefficient (Wildman–Crippen LogP) is 2.35. The summed E-state index contributed by atoms with van der Waals surface area (Å²) in [5, 5.41) is 5.39. The van der Waals surface area contributed by atoms with Crippen molar-refractivity contribution < 1.29 is 77.2 Å². The van der Waals surface area contributed by atoms with Crippen molar-refractivity contribution in [1.29, 1.82) is 0 Å². The normalized spacial score (nSPS) is 11.4. The van der Waals surface area contributed by atoms with Gasteiger partial charge in [0.05, 0.1) is 0 Å². The molecule has 2 aliphatic rings. The van der Waals surface area contributed by atoms with Gasteiger partial charge in [-0.05, 0) is 0 Å². The summed E-state index contributed by atoms with van der Waals surface area (Å²) < 4.78 is 0. The smallest absolute Gasteiger partial charge is 1.00 e. The third-order valence-electron chi connectivity index (χ3n) is 4.70. The minimum absolute atomic E-state index is 0. The van der Waals surface area contributed by atoms with Crippen molar-refractivity contribution in [2.45, 2.75) is 26.7 Å². The van der Waals surface area contributed by atoms with E-state index in [-0.39, 0.29) is 77.2 Å². The van der Waals surface area contributed by atoms with Crippen LogP contribution in [0.5, 0.6) is 0 Å². The molecule has 172 valence electrons. The van der Waals surface area contributed by atoms with Crippen LogP contribution in [0.15, 0.2) is 109 Å². The maximum atomic E-state index is 2.99. The number of halogens is 2. The van der Waals surface area contributed by atoms with Gasteiger partial charge in [-0.15, -0.1) is 94.0 Å². The first kappa shape index (κ1) is 35.1. The SMILES string of the molecule is Cc1cc2ccccc2[cH-]1.Cc1cc2ccccc2[cH-]1.[C-]1=CC=CC1.[C-]1=CC=CC1.[Cl-].[Cl-].[Zr+2].[Zr+2]. The third-order valence-corrected chi connectivity index (χ3v) is 4.70.